The number of carbonyl (C=O) groups excluding carboxylic acids is 2. The number of amides is 1. The summed E-state index contributed by atoms with van der Waals surface area (Å²) in [7, 11) is 4.51. The molecule has 3 aromatic carbocycles. The van der Waals surface area contributed by atoms with Gasteiger partial charge in [0.1, 0.15) is 12.4 Å². The highest BCUT2D eigenvalue weighted by Gasteiger charge is 2.30. The van der Waals surface area contributed by atoms with E-state index in [1.165, 1.54) is 43.0 Å². The topological polar surface area (TPSA) is 77.4 Å². The summed E-state index contributed by atoms with van der Waals surface area (Å²) in [5, 5.41) is 0.504. The Labute approximate surface area is 226 Å². The van der Waals surface area contributed by atoms with Crippen LogP contribution in [0.4, 0.5) is 10.1 Å². The molecule has 190 valence electrons. The monoisotopic (exact) mass is 584 g/mol. The fourth-order valence-electron chi connectivity index (χ4n) is 3.37. The van der Waals surface area contributed by atoms with Gasteiger partial charge < -0.3 is 14.2 Å². The number of benzene rings is 3. The van der Waals surface area contributed by atoms with Crippen LogP contribution in [0.1, 0.15) is 21.5 Å². The van der Waals surface area contributed by atoms with E-state index in [1.807, 2.05) is 0 Å². The molecule has 1 aliphatic rings. The minimum atomic E-state index is -0.431. The molecule has 3 aromatic rings. The predicted octanol–water partition coefficient (Wildman–Crippen LogP) is 6.20. The maximum Gasteiger partial charge on any atom is 0.337 e. The number of amidine groups is 1. The SMILES string of the molecule is COC(=O)c1ccc(N=C2SC(=Cc3cc(OC)c(OCc4ccc(F)cc4)cc3Br)C(=O)N2C)cc1. The largest absolute Gasteiger partial charge is 0.493 e. The number of rotatable bonds is 7. The summed E-state index contributed by atoms with van der Waals surface area (Å²) in [6, 6.07) is 16.2. The summed E-state index contributed by atoms with van der Waals surface area (Å²) >= 11 is 4.79. The minimum absolute atomic E-state index is 0.197. The second-order valence-corrected chi connectivity index (χ2v) is 9.71. The van der Waals surface area contributed by atoms with Crippen molar-refractivity contribution in [1.29, 1.82) is 0 Å². The number of ether oxygens (including phenoxy) is 3. The quantitative estimate of drug-likeness (QED) is 0.243. The second kappa shape index (κ2) is 11.6. The van der Waals surface area contributed by atoms with E-state index in [1.54, 1.807) is 61.7 Å². The van der Waals surface area contributed by atoms with Gasteiger partial charge in [0, 0.05) is 11.5 Å². The number of hydrogen-bond donors (Lipinski definition) is 0. The first-order chi connectivity index (χ1) is 17.8. The van der Waals surface area contributed by atoms with Crippen LogP contribution in [0.5, 0.6) is 11.5 Å². The summed E-state index contributed by atoms with van der Waals surface area (Å²) in [5.41, 5.74) is 2.55. The smallest absolute Gasteiger partial charge is 0.337 e. The Bertz CT molecular complexity index is 1390. The molecule has 0 aromatic heterocycles. The summed E-state index contributed by atoms with van der Waals surface area (Å²) in [4.78, 5) is 31.0. The van der Waals surface area contributed by atoms with E-state index in [0.717, 1.165) is 11.1 Å². The van der Waals surface area contributed by atoms with Gasteiger partial charge in [0.05, 0.1) is 30.4 Å². The maximum atomic E-state index is 13.1. The Hall–Kier alpha value is -3.63. The molecule has 1 amide bonds. The zero-order valence-electron chi connectivity index (χ0n) is 20.2. The van der Waals surface area contributed by atoms with E-state index >= 15 is 0 Å². The van der Waals surface area contributed by atoms with Crippen molar-refractivity contribution < 1.29 is 28.2 Å². The lowest BCUT2D eigenvalue weighted by molar-refractivity contribution is -0.121. The summed E-state index contributed by atoms with van der Waals surface area (Å²) in [6.07, 6.45) is 1.75. The van der Waals surface area contributed by atoms with E-state index < -0.39 is 5.97 Å². The van der Waals surface area contributed by atoms with Gasteiger partial charge >= 0.3 is 5.97 Å². The molecular formula is C27H22BrFN2O5S. The number of likely N-dealkylation sites (N-methyl/N-ethyl adjacent to an activating group) is 1. The number of methoxy groups -OCH3 is 2. The van der Waals surface area contributed by atoms with Gasteiger partial charge in [-0.05, 0) is 77.5 Å². The molecule has 7 nitrogen and oxygen atoms in total. The average molecular weight is 585 g/mol. The third-order valence-corrected chi connectivity index (χ3v) is 7.14. The van der Waals surface area contributed by atoms with E-state index in [2.05, 4.69) is 20.9 Å². The summed E-state index contributed by atoms with van der Waals surface area (Å²) < 4.78 is 29.9. The molecule has 0 N–H and O–H groups in total. The van der Waals surface area contributed by atoms with Crippen LogP contribution in [0.3, 0.4) is 0 Å². The van der Waals surface area contributed by atoms with E-state index in [0.29, 0.717) is 37.3 Å². The van der Waals surface area contributed by atoms with E-state index in [-0.39, 0.29) is 18.3 Å². The van der Waals surface area contributed by atoms with Crippen molar-refractivity contribution in [2.45, 2.75) is 6.61 Å². The Morgan fingerprint density at radius 2 is 1.78 bits per heavy atom. The fourth-order valence-corrected chi connectivity index (χ4v) is 4.78. The van der Waals surface area contributed by atoms with E-state index in [9.17, 15) is 14.0 Å². The highest BCUT2D eigenvalue weighted by molar-refractivity contribution is 9.10. The lowest BCUT2D eigenvalue weighted by Crippen LogP contribution is -2.23. The second-order valence-electron chi connectivity index (χ2n) is 7.85. The molecule has 10 heteroatoms. The van der Waals surface area contributed by atoms with Crippen LogP contribution in [0, 0.1) is 5.82 Å². The molecule has 4 rings (SSSR count). The highest BCUT2D eigenvalue weighted by Crippen LogP contribution is 2.38. The number of carbonyl (C=O) groups is 2. The van der Waals surface area contributed by atoms with Gasteiger partial charge in [-0.1, -0.05) is 28.1 Å². The molecule has 0 aliphatic carbocycles. The molecule has 1 heterocycles. The van der Waals surface area contributed by atoms with Crippen LogP contribution in [0.25, 0.3) is 6.08 Å². The van der Waals surface area contributed by atoms with Gasteiger partial charge in [-0.15, -0.1) is 0 Å². The van der Waals surface area contributed by atoms with Gasteiger partial charge in [-0.25, -0.2) is 14.2 Å². The van der Waals surface area contributed by atoms with Crippen LogP contribution in [-0.2, 0) is 16.1 Å². The normalized spacial score (nSPS) is 15.4. The van der Waals surface area contributed by atoms with Crippen molar-refractivity contribution in [2.24, 2.45) is 4.99 Å². The highest BCUT2D eigenvalue weighted by atomic mass is 79.9. The molecular weight excluding hydrogens is 563 g/mol. The molecule has 0 unspecified atom stereocenters. The summed E-state index contributed by atoms with van der Waals surface area (Å²) in [6.45, 7) is 0.239. The van der Waals surface area contributed by atoms with Crippen LogP contribution < -0.4 is 9.47 Å². The molecule has 1 aliphatic heterocycles. The average Bonchev–Trinajstić information content (AvgIpc) is 3.17. The van der Waals surface area contributed by atoms with Gasteiger partial charge in [0.25, 0.3) is 5.91 Å². The first kappa shape index (κ1) is 26.4. The molecule has 0 atom stereocenters. The number of aliphatic imine (C=N–C) groups is 1. The van der Waals surface area contributed by atoms with Crippen molar-refractivity contribution in [3.8, 4) is 11.5 Å². The third-order valence-electron chi connectivity index (χ3n) is 5.39. The zero-order chi connectivity index (χ0) is 26.5. The van der Waals surface area contributed by atoms with Crippen molar-refractivity contribution >= 4 is 56.5 Å². The van der Waals surface area contributed by atoms with Gasteiger partial charge in [-0.3, -0.25) is 9.69 Å². The number of nitrogens with zero attached hydrogens (tertiary/aromatic N) is 2. The van der Waals surface area contributed by atoms with Crippen molar-refractivity contribution in [1.82, 2.24) is 4.90 Å². The Morgan fingerprint density at radius 1 is 1.08 bits per heavy atom. The number of thioether (sulfide) groups is 1. The van der Waals surface area contributed by atoms with Crippen molar-refractivity contribution in [3.05, 3.63) is 92.5 Å². The minimum Gasteiger partial charge on any atom is -0.493 e. The molecule has 0 saturated carbocycles. The Kier molecular flexibility index (Phi) is 8.30. The van der Waals surface area contributed by atoms with Crippen LogP contribution in [0.15, 0.2) is 75.0 Å². The molecule has 1 saturated heterocycles. The van der Waals surface area contributed by atoms with Crippen LogP contribution >= 0.6 is 27.7 Å². The van der Waals surface area contributed by atoms with Gasteiger partial charge in [-0.2, -0.15) is 0 Å². The first-order valence-electron chi connectivity index (χ1n) is 11.0. The van der Waals surface area contributed by atoms with Crippen LogP contribution in [-0.4, -0.2) is 43.2 Å². The molecule has 0 spiro atoms. The lowest BCUT2D eigenvalue weighted by atomic mass is 10.1. The van der Waals surface area contributed by atoms with Gasteiger partial charge in [0.2, 0.25) is 0 Å². The first-order valence-corrected chi connectivity index (χ1v) is 12.6. The summed E-state index contributed by atoms with van der Waals surface area (Å²) in [5.74, 6) is 0.0509. The van der Waals surface area contributed by atoms with Crippen molar-refractivity contribution in [2.75, 3.05) is 21.3 Å². The van der Waals surface area contributed by atoms with Crippen molar-refractivity contribution in [3.63, 3.8) is 0 Å². The molecule has 1 fully saturated rings. The Morgan fingerprint density at radius 3 is 2.43 bits per heavy atom. The van der Waals surface area contributed by atoms with Gasteiger partial charge in [0.15, 0.2) is 16.7 Å². The number of esters is 1. The standard InChI is InChI=1S/C27H22BrFN2O5S/c1-31-25(32)24(37-27(31)30-20-10-6-17(7-11-20)26(33)35-3)13-18-12-22(34-2)23(14-21(18)28)36-15-16-4-8-19(29)9-5-16/h4-14H,15H2,1-3H3. The molecule has 37 heavy (non-hydrogen) atoms. The fraction of sp³-hybridized carbons (Fsp3) is 0.148. The molecule has 0 radical (unpaired) electrons. The number of hydrogen-bond acceptors (Lipinski definition) is 7. The van der Waals surface area contributed by atoms with Crippen LogP contribution in [0.2, 0.25) is 0 Å². The number of halogens is 2. The third kappa shape index (κ3) is 6.20. The predicted molar refractivity (Wildman–Crippen MR) is 145 cm³/mol. The molecule has 0 bridgehead atoms. The maximum absolute atomic E-state index is 13.1. The Balaban J connectivity index is 1.54. The van der Waals surface area contributed by atoms with E-state index in [4.69, 9.17) is 14.2 Å². The lowest BCUT2D eigenvalue weighted by Gasteiger charge is -2.13. The zero-order valence-corrected chi connectivity index (χ0v) is 22.6.